The van der Waals surface area contributed by atoms with Gasteiger partial charge in [0.25, 0.3) is 0 Å². The van der Waals surface area contributed by atoms with Crippen LogP contribution in [0.2, 0.25) is 0 Å². The molecule has 0 aliphatic carbocycles. The van der Waals surface area contributed by atoms with Crippen LogP contribution in [-0.2, 0) is 9.84 Å². The molecule has 0 aliphatic heterocycles. The van der Waals surface area contributed by atoms with Crippen molar-refractivity contribution in [2.75, 3.05) is 5.73 Å². The second-order valence-electron chi connectivity index (χ2n) is 3.65. The molecule has 88 valence electrons. The van der Waals surface area contributed by atoms with E-state index in [-0.39, 0.29) is 16.1 Å². The van der Waals surface area contributed by atoms with Crippen molar-refractivity contribution >= 4 is 21.5 Å². The second-order valence-corrected chi connectivity index (χ2v) is 6.12. The lowest BCUT2D eigenvalue weighted by molar-refractivity contribution is 0.0696. The zero-order chi connectivity index (χ0) is 12.5. The number of nitrogens with two attached hydrogens (primary N) is 1. The molecule has 5 nitrogen and oxygen atoms in total. The summed E-state index contributed by atoms with van der Waals surface area (Å²) in [4.78, 5) is 10.6. The molecule has 0 saturated carbocycles. The first-order chi connectivity index (χ1) is 7.26. The minimum atomic E-state index is -3.55. The number of carbonyl (C=O) groups is 1. The minimum absolute atomic E-state index is 0.0682. The van der Waals surface area contributed by atoms with Crippen molar-refractivity contribution in [1.29, 1.82) is 0 Å². The fourth-order valence-electron chi connectivity index (χ4n) is 1.17. The summed E-state index contributed by atoms with van der Waals surface area (Å²) in [6.45, 7) is 3.03. The smallest absolute Gasteiger partial charge is 0.335 e. The van der Waals surface area contributed by atoms with Crippen LogP contribution in [0.1, 0.15) is 24.2 Å². The van der Waals surface area contributed by atoms with Gasteiger partial charge < -0.3 is 10.8 Å². The molecule has 0 aliphatic rings. The molecule has 0 fully saturated rings. The molecule has 16 heavy (non-hydrogen) atoms. The van der Waals surface area contributed by atoms with Crippen molar-refractivity contribution in [3.8, 4) is 0 Å². The number of nitrogen functional groups attached to an aromatic ring is 1. The first-order valence-corrected chi connectivity index (χ1v) is 6.18. The van der Waals surface area contributed by atoms with Crippen molar-refractivity contribution in [3.05, 3.63) is 23.8 Å². The number of rotatable bonds is 3. The molecular weight excluding hydrogens is 230 g/mol. The third-order valence-electron chi connectivity index (χ3n) is 2.19. The van der Waals surface area contributed by atoms with E-state index in [4.69, 9.17) is 10.8 Å². The Morgan fingerprint density at radius 3 is 2.38 bits per heavy atom. The summed E-state index contributed by atoms with van der Waals surface area (Å²) in [6.07, 6.45) is 0. The van der Waals surface area contributed by atoms with Crippen LogP contribution in [0.15, 0.2) is 23.1 Å². The molecule has 0 unspecified atom stereocenters. The van der Waals surface area contributed by atoms with E-state index >= 15 is 0 Å². The van der Waals surface area contributed by atoms with E-state index in [1.54, 1.807) is 0 Å². The van der Waals surface area contributed by atoms with Crippen molar-refractivity contribution < 1.29 is 18.3 Å². The quantitative estimate of drug-likeness (QED) is 0.776. The summed E-state index contributed by atoms with van der Waals surface area (Å²) < 4.78 is 23.7. The Bertz CT molecular complexity index is 520. The molecule has 1 aromatic rings. The number of sulfone groups is 1. The summed E-state index contributed by atoms with van der Waals surface area (Å²) >= 11 is 0. The van der Waals surface area contributed by atoms with Gasteiger partial charge in [-0.1, -0.05) is 0 Å². The van der Waals surface area contributed by atoms with Crippen LogP contribution in [0.4, 0.5) is 5.69 Å². The van der Waals surface area contributed by atoms with Gasteiger partial charge in [-0.25, -0.2) is 13.2 Å². The van der Waals surface area contributed by atoms with Crippen molar-refractivity contribution in [2.24, 2.45) is 0 Å². The Hall–Kier alpha value is -1.56. The second kappa shape index (κ2) is 4.13. The average molecular weight is 243 g/mol. The highest BCUT2D eigenvalue weighted by Crippen LogP contribution is 2.23. The molecule has 3 N–H and O–H groups in total. The largest absolute Gasteiger partial charge is 0.478 e. The van der Waals surface area contributed by atoms with Gasteiger partial charge in [0, 0.05) is 0 Å². The number of hydrogen-bond acceptors (Lipinski definition) is 4. The third-order valence-corrected chi connectivity index (χ3v) is 4.40. The topological polar surface area (TPSA) is 97.5 Å². The van der Waals surface area contributed by atoms with E-state index in [0.717, 1.165) is 6.07 Å². The van der Waals surface area contributed by atoms with Crippen molar-refractivity contribution in [3.63, 3.8) is 0 Å². The lowest BCUT2D eigenvalue weighted by Crippen LogP contribution is -2.16. The maximum absolute atomic E-state index is 11.9. The van der Waals surface area contributed by atoms with Crippen LogP contribution < -0.4 is 5.73 Å². The fraction of sp³-hybridized carbons (Fsp3) is 0.300. The van der Waals surface area contributed by atoms with Crippen LogP contribution in [0.3, 0.4) is 0 Å². The van der Waals surface area contributed by atoms with Gasteiger partial charge in [0.05, 0.1) is 21.4 Å². The molecule has 0 bridgehead atoms. The van der Waals surface area contributed by atoms with Crippen molar-refractivity contribution in [1.82, 2.24) is 0 Å². The van der Waals surface area contributed by atoms with Gasteiger partial charge in [-0.3, -0.25) is 0 Å². The molecule has 0 aromatic heterocycles. The first-order valence-electron chi connectivity index (χ1n) is 4.63. The Morgan fingerprint density at radius 1 is 1.38 bits per heavy atom. The lowest BCUT2D eigenvalue weighted by atomic mass is 10.2. The van der Waals surface area contributed by atoms with E-state index in [2.05, 4.69) is 0 Å². The molecule has 0 radical (unpaired) electrons. The number of carboxylic acid groups (broad SMARTS) is 1. The molecule has 0 saturated heterocycles. The highest BCUT2D eigenvalue weighted by Gasteiger charge is 2.23. The van der Waals surface area contributed by atoms with E-state index in [9.17, 15) is 13.2 Å². The molecule has 0 atom stereocenters. The van der Waals surface area contributed by atoms with Gasteiger partial charge in [0.2, 0.25) is 0 Å². The van der Waals surface area contributed by atoms with Crippen LogP contribution in [0, 0.1) is 0 Å². The summed E-state index contributed by atoms with van der Waals surface area (Å²) in [5.74, 6) is -1.18. The highest BCUT2D eigenvalue weighted by molar-refractivity contribution is 7.92. The zero-order valence-corrected chi connectivity index (χ0v) is 9.78. The highest BCUT2D eigenvalue weighted by atomic mass is 32.2. The maximum atomic E-state index is 11.9. The molecule has 6 heteroatoms. The molecule has 0 heterocycles. The molecule has 1 rings (SSSR count). The molecule has 0 spiro atoms. The first kappa shape index (κ1) is 12.5. The Labute approximate surface area is 93.8 Å². The third kappa shape index (κ3) is 2.16. The van der Waals surface area contributed by atoms with Gasteiger partial charge in [0.15, 0.2) is 9.84 Å². The van der Waals surface area contributed by atoms with Crippen molar-refractivity contribution in [2.45, 2.75) is 24.0 Å². The molecule has 0 amide bonds. The van der Waals surface area contributed by atoms with Crippen LogP contribution in [0.5, 0.6) is 0 Å². The van der Waals surface area contributed by atoms with E-state index < -0.39 is 21.1 Å². The van der Waals surface area contributed by atoms with Gasteiger partial charge in [-0.2, -0.15) is 0 Å². The predicted molar refractivity (Wildman–Crippen MR) is 60.1 cm³/mol. The maximum Gasteiger partial charge on any atom is 0.335 e. The number of aromatic carboxylic acids is 1. The zero-order valence-electron chi connectivity index (χ0n) is 8.97. The van der Waals surface area contributed by atoms with Gasteiger partial charge in [-0.15, -0.1) is 0 Å². The molecular formula is C10H13NO4S. The normalized spacial score (nSPS) is 11.7. The van der Waals surface area contributed by atoms with Crippen LogP contribution in [0.25, 0.3) is 0 Å². The fourth-order valence-corrected chi connectivity index (χ4v) is 2.36. The number of hydrogen-bond donors (Lipinski definition) is 2. The minimum Gasteiger partial charge on any atom is -0.478 e. The Balaban J connectivity index is 3.45. The van der Waals surface area contributed by atoms with Crippen LogP contribution in [-0.4, -0.2) is 24.7 Å². The number of carboxylic acids is 1. The summed E-state index contributed by atoms with van der Waals surface area (Å²) in [5, 5.41) is 8.13. The Morgan fingerprint density at radius 2 is 1.94 bits per heavy atom. The Kier molecular flexibility index (Phi) is 3.23. The van der Waals surface area contributed by atoms with Gasteiger partial charge >= 0.3 is 5.97 Å². The average Bonchev–Trinajstić information content (AvgIpc) is 2.17. The lowest BCUT2D eigenvalue weighted by Gasteiger charge is -2.10. The van der Waals surface area contributed by atoms with E-state index in [1.807, 2.05) is 0 Å². The van der Waals surface area contributed by atoms with Gasteiger partial charge in [0.1, 0.15) is 0 Å². The van der Waals surface area contributed by atoms with Gasteiger partial charge in [-0.05, 0) is 32.0 Å². The summed E-state index contributed by atoms with van der Waals surface area (Å²) in [5.41, 5.74) is 5.52. The predicted octanol–water partition coefficient (Wildman–Crippen LogP) is 1.15. The summed E-state index contributed by atoms with van der Waals surface area (Å²) in [7, 11) is -3.55. The van der Waals surface area contributed by atoms with E-state index in [1.165, 1.54) is 26.0 Å². The number of anilines is 1. The monoisotopic (exact) mass is 243 g/mol. The SMILES string of the molecule is CC(C)S(=O)(=O)c1cc(C(=O)O)ccc1N. The van der Waals surface area contributed by atoms with E-state index in [0.29, 0.717) is 0 Å². The standard InChI is InChI=1S/C10H13NO4S/c1-6(2)16(14,15)9-5-7(10(12)13)3-4-8(9)11/h3-6H,11H2,1-2H3,(H,12,13). The summed E-state index contributed by atoms with van der Waals surface area (Å²) in [6, 6.07) is 3.66. The molecule has 1 aromatic carbocycles. The number of benzene rings is 1. The van der Waals surface area contributed by atoms with Crippen LogP contribution >= 0.6 is 0 Å².